The van der Waals surface area contributed by atoms with Gasteiger partial charge in [0.2, 0.25) is 0 Å². The summed E-state index contributed by atoms with van der Waals surface area (Å²) in [6.07, 6.45) is 3.99. The number of amides is 1. The van der Waals surface area contributed by atoms with Crippen LogP contribution in [0.3, 0.4) is 0 Å². The average Bonchev–Trinajstić information content (AvgIpc) is 3.12. The molecule has 0 spiro atoms. The zero-order valence-electron chi connectivity index (χ0n) is 10.4. The van der Waals surface area contributed by atoms with E-state index in [1.54, 1.807) is 24.2 Å². The second kappa shape index (κ2) is 3.68. The molecule has 5 heteroatoms. The third kappa shape index (κ3) is 1.75. The van der Waals surface area contributed by atoms with Gasteiger partial charge in [-0.15, -0.1) is 0 Å². The zero-order valence-corrected chi connectivity index (χ0v) is 10.4. The summed E-state index contributed by atoms with van der Waals surface area (Å²) in [7, 11) is 1.66. The number of aryl methyl sites for hydroxylation is 1. The van der Waals surface area contributed by atoms with Gasteiger partial charge in [-0.25, -0.2) is 0 Å². The van der Waals surface area contributed by atoms with Crippen molar-refractivity contribution in [2.45, 2.75) is 18.4 Å². The van der Waals surface area contributed by atoms with Crippen LogP contribution in [0.1, 0.15) is 23.2 Å². The number of nitrogens with zero attached hydrogens (tertiary/aromatic N) is 2. The molecule has 1 saturated carbocycles. The molecule has 96 valence electrons. The molecule has 18 heavy (non-hydrogen) atoms. The van der Waals surface area contributed by atoms with Crippen LogP contribution in [0, 0.1) is 5.92 Å². The second-order valence-electron chi connectivity index (χ2n) is 5.53. The van der Waals surface area contributed by atoms with Gasteiger partial charge in [-0.2, -0.15) is 0 Å². The van der Waals surface area contributed by atoms with Crippen molar-refractivity contribution in [3.05, 3.63) is 34.2 Å². The van der Waals surface area contributed by atoms with Crippen molar-refractivity contribution < 1.29 is 4.79 Å². The molecule has 2 N–H and O–H groups in total. The second-order valence-corrected chi connectivity index (χ2v) is 5.53. The third-order valence-electron chi connectivity index (χ3n) is 4.00. The summed E-state index contributed by atoms with van der Waals surface area (Å²) in [5.74, 6) is 0.500. The molecule has 0 aromatic carbocycles. The summed E-state index contributed by atoms with van der Waals surface area (Å²) in [6, 6.07) is 3.06. The molecule has 1 aromatic heterocycles. The lowest BCUT2D eigenvalue weighted by molar-refractivity contribution is 0.0350. The quantitative estimate of drug-likeness (QED) is 0.796. The Bertz CT molecular complexity index is 554. The van der Waals surface area contributed by atoms with Crippen LogP contribution in [0.2, 0.25) is 0 Å². The van der Waals surface area contributed by atoms with Gasteiger partial charge in [0.1, 0.15) is 0 Å². The fourth-order valence-electron chi connectivity index (χ4n) is 2.59. The Morgan fingerprint density at radius 3 is 2.67 bits per heavy atom. The van der Waals surface area contributed by atoms with E-state index in [-0.39, 0.29) is 17.0 Å². The molecule has 3 rings (SSSR count). The highest BCUT2D eigenvalue weighted by Crippen LogP contribution is 2.43. The Labute approximate surface area is 105 Å². The van der Waals surface area contributed by atoms with Crippen molar-refractivity contribution in [2.24, 2.45) is 18.7 Å². The molecule has 1 aromatic rings. The number of rotatable bonds is 2. The molecular formula is C13H17N3O2. The third-order valence-corrected chi connectivity index (χ3v) is 4.00. The van der Waals surface area contributed by atoms with Crippen molar-refractivity contribution >= 4 is 5.91 Å². The van der Waals surface area contributed by atoms with E-state index >= 15 is 0 Å². The van der Waals surface area contributed by atoms with Gasteiger partial charge in [0.05, 0.1) is 5.54 Å². The van der Waals surface area contributed by atoms with Crippen molar-refractivity contribution in [1.82, 2.24) is 9.47 Å². The number of hydrogen-bond donors (Lipinski definition) is 1. The fourth-order valence-corrected chi connectivity index (χ4v) is 2.59. The highest BCUT2D eigenvalue weighted by atomic mass is 16.2. The van der Waals surface area contributed by atoms with Crippen LogP contribution < -0.4 is 11.3 Å². The summed E-state index contributed by atoms with van der Waals surface area (Å²) in [5.41, 5.74) is 6.33. The molecule has 2 aliphatic rings. The van der Waals surface area contributed by atoms with Crippen molar-refractivity contribution in [3.8, 4) is 0 Å². The minimum Gasteiger partial charge on any atom is -0.335 e. The normalized spacial score (nSPS) is 21.6. The van der Waals surface area contributed by atoms with E-state index in [4.69, 9.17) is 5.73 Å². The standard InChI is InChI=1S/C13H17N3O2/c1-15-5-4-9(6-11(15)17)12(18)16-7-13(14,8-16)10-2-3-10/h4-6,10H,2-3,7-8,14H2,1H3. The first-order valence-electron chi connectivity index (χ1n) is 6.24. The summed E-state index contributed by atoms with van der Waals surface area (Å²) < 4.78 is 1.45. The molecule has 1 saturated heterocycles. The van der Waals surface area contributed by atoms with E-state index in [0.717, 1.165) is 0 Å². The summed E-state index contributed by atoms with van der Waals surface area (Å²) in [4.78, 5) is 25.4. The highest BCUT2D eigenvalue weighted by Gasteiger charge is 2.51. The molecule has 2 heterocycles. The first kappa shape index (κ1) is 11.5. The first-order chi connectivity index (χ1) is 8.49. The van der Waals surface area contributed by atoms with Crippen LogP contribution in [-0.4, -0.2) is 34.0 Å². The molecule has 0 bridgehead atoms. The van der Waals surface area contributed by atoms with Crippen LogP contribution >= 0.6 is 0 Å². The minimum atomic E-state index is -0.171. The van der Waals surface area contributed by atoms with Crippen molar-refractivity contribution in [2.75, 3.05) is 13.1 Å². The zero-order chi connectivity index (χ0) is 12.9. The van der Waals surface area contributed by atoms with Crippen LogP contribution in [0.15, 0.2) is 23.1 Å². The molecule has 0 unspecified atom stereocenters. The molecule has 2 fully saturated rings. The number of hydrogen-bond acceptors (Lipinski definition) is 3. The maximum atomic E-state index is 12.1. The molecule has 0 radical (unpaired) electrons. The van der Waals surface area contributed by atoms with Gasteiger partial charge in [-0.1, -0.05) is 0 Å². The Morgan fingerprint density at radius 2 is 2.11 bits per heavy atom. The number of nitrogens with two attached hydrogens (primary N) is 1. The molecular weight excluding hydrogens is 230 g/mol. The Kier molecular flexibility index (Phi) is 2.35. The SMILES string of the molecule is Cn1ccc(C(=O)N2CC(N)(C3CC3)C2)cc1=O. The van der Waals surface area contributed by atoms with Gasteiger partial charge in [0.25, 0.3) is 11.5 Å². The number of carbonyl (C=O) groups is 1. The highest BCUT2D eigenvalue weighted by molar-refractivity contribution is 5.94. The lowest BCUT2D eigenvalue weighted by Crippen LogP contribution is -2.69. The molecule has 1 aliphatic carbocycles. The van der Waals surface area contributed by atoms with Crippen LogP contribution in [0.4, 0.5) is 0 Å². The van der Waals surface area contributed by atoms with E-state index < -0.39 is 0 Å². The van der Waals surface area contributed by atoms with E-state index in [1.165, 1.54) is 23.5 Å². The first-order valence-corrected chi connectivity index (χ1v) is 6.24. The van der Waals surface area contributed by atoms with E-state index in [2.05, 4.69) is 0 Å². The average molecular weight is 247 g/mol. The molecule has 0 atom stereocenters. The van der Waals surface area contributed by atoms with Crippen LogP contribution in [0.5, 0.6) is 0 Å². The van der Waals surface area contributed by atoms with Gasteiger partial charge >= 0.3 is 0 Å². The van der Waals surface area contributed by atoms with Gasteiger partial charge in [0, 0.05) is 38.0 Å². The van der Waals surface area contributed by atoms with Gasteiger partial charge in [-0.05, 0) is 24.8 Å². The summed E-state index contributed by atoms with van der Waals surface area (Å²) in [6.45, 7) is 1.23. The molecule has 5 nitrogen and oxygen atoms in total. The number of pyridine rings is 1. The van der Waals surface area contributed by atoms with Crippen LogP contribution in [-0.2, 0) is 7.05 Å². The Morgan fingerprint density at radius 1 is 1.44 bits per heavy atom. The minimum absolute atomic E-state index is 0.0885. The van der Waals surface area contributed by atoms with E-state index in [9.17, 15) is 9.59 Å². The van der Waals surface area contributed by atoms with Gasteiger partial charge in [0.15, 0.2) is 0 Å². The van der Waals surface area contributed by atoms with Gasteiger partial charge < -0.3 is 15.2 Å². The fraction of sp³-hybridized carbons (Fsp3) is 0.538. The van der Waals surface area contributed by atoms with Gasteiger partial charge in [-0.3, -0.25) is 9.59 Å². The maximum absolute atomic E-state index is 12.1. The summed E-state index contributed by atoms with van der Waals surface area (Å²) >= 11 is 0. The smallest absolute Gasteiger partial charge is 0.254 e. The van der Waals surface area contributed by atoms with Crippen LogP contribution in [0.25, 0.3) is 0 Å². The number of carbonyl (C=O) groups excluding carboxylic acids is 1. The number of likely N-dealkylation sites (tertiary alicyclic amines) is 1. The van der Waals surface area contributed by atoms with E-state index in [1.807, 2.05) is 0 Å². The van der Waals surface area contributed by atoms with E-state index in [0.29, 0.717) is 24.6 Å². The van der Waals surface area contributed by atoms with Crippen molar-refractivity contribution in [3.63, 3.8) is 0 Å². The topological polar surface area (TPSA) is 68.3 Å². The maximum Gasteiger partial charge on any atom is 0.254 e. The molecule has 1 aliphatic heterocycles. The van der Waals surface area contributed by atoms with Crippen molar-refractivity contribution in [1.29, 1.82) is 0 Å². The largest absolute Gasteiger partial charge is 0.335 e. The summed E-state index contributed by atoms with van der Waals surface area (Å²) in [5, 5.41) is 0. The molecule has 1 amide bonds. The lowest BCUT2D eigenvalue weighted by Gasteiger charge is -2.48. The number of aromatic nitrogens is 1. The predicted octanol–water partition coefficient (Wildman–Crippen LogP) is -0.0514. The monoisotopic (exact) mass is 247 g/mol. The predicted molar refractivity (Wildman–Crippen MR) is 67.2 cm³/mol. The Hall–Kier alpha value is -1.62. The Balaban J connectivity index is 1.72. The lowest BCUT2D eigenvalue weighted by atomic mass is 9.85.